The third-order valence-electron chi connectivity index (χ3n) is 7.74. The Morgan fingerprint density at radius 1 is 0.583 bits per heavy atom. The number of rotatable bonds is 9. The minimum absolute atomic E-state index is 0.350. The van der Waals surface area contributed by atoms with E-state index in [1.54, 1.807) is 90.1 Å². The van der Waals surface area contributed by atoms with E-state index in [0.717, 1.165) is 11.1 Å². The maximum absolute atomic E-state index is 12.8. The average Bonchev–Trinajstić information content (AvgIpc) is 3.72. The van der Waals surface area contributed by atoms with Gasteiger partial charge in [-0.3, -0.25) is 19.4 Å². The lowest BCUT2D eigenvalue weighted by atomic mass is 10.0. The third kappa shape index (κ3) is 9.65. The van der Waals surface area contributed by atoms with Crippen molar-refractivity contribution in [1.82, 2.24) is 9.80 Å². The van der Waals surface area contributed by atoms with Crippen LogP contribution in [0, 0.1) is 0 Å². The number of carbonyl (C=O) groups excluding carboxylic acids is 6. The van der Waals surface area contributed by atoms with Crippen LogP contribution in [0.4, 0.5) is 9.59 Å². The molecular formula is C36H44N2O10. The van der Waals surface area contributed by atoms with Crippen LogP contribution in [0.25, 0.3) is 11.1 Å². The van der Waals surface area contributed by atoms with E-state index in [1.165, 1.54) is 9.80 Å². The first kappa shape index (κ1) is 36.1. The SMILES string of the molecule is CC(C)(C)OC(=O)N1CCC[C@@H]1C(=O)OCC(=O)c1ccc(-c2ccc(C(=O)COC(=O)[C@@H]3CCCN3C(=O)OC(C)(C)C)cc2)cc1. The highest BCUT2D eigenvalue weighted by Gasteiger charge is 2.39. The van der Waals surface area contributed by atoms with Crippen LogP contribution in [0.1, 0.15) is 87.9 Å². The van der Waals surface area contributed by atoms with Crippen molar-refractivity contribution in [1.29, 1.82) is 0 Å². The normalized spacial score (nSPS) is 17.9. The summed E-state index contributed by atoms with van der Waals surface area (Å²) in [4.78, 5) is 78.5. The van der Waals surface area contributed by atoms with Crippen molar-refractivity contribution < 1.29 is 47.7 Å². The Kier molecular flexibility index (Phi) is 11.3. The van der Waals surface area contributed by atoms with Gasteiger partial charge in [0.05, 0.1) is 0 Å². The number of esters is 2. The number of carbonyl (C=O) groups is 6. The second-order valence-electron chi connectivity index (χ2n) is 13.9. The molecule has 0 aliphatic carbocycles. The Morgan fingerprint density at radius 2 is 0.917 bits per heavy atom. The van der Waals surface area contributed by atoms with Gasteiger partial charge in [-0.1, -0.05) is 48.5 Å². The zero-order valence-corrected chi connectivity index (χ0v) is 28.4. The van der Waals surface area contributed by atoms with Gasteiger partial charge in [-0.15, -0.1) is 0 Å². The molecule has 0 radical (unpaired) electrons. The molecule has 0 saturated carbocycles. The maximum atomic E-state index is 12.8. The van der Waals surface area contributed by atoms with E-state index in [0.29, 0.717) is 49.9 Å². The standard InChI is InChI=1S/C36H44N2O10/c1-35(2,3)47-33(43)37-19-7-9-27(37)31(41)45-21-29(39)25-15-11-23(12-16-25)24-13-17-26(18-14-24)30(40)22-46-32(42)28-10-8-20-38(28)34(44)48-36(4,5)6/h11-18,27-28H,7-10,19-22H2,1-6H3/t27-,28+. The maximum Gasteiger partial charge on any atom is 0.411 e. The van der Waals surface area contributed by atoms with E-state index >= 15 is 0 Å². The largest absolute Gasteiger partial charge is 0.456 e. The number of benzene rings is 2. The molecule has 2 amide bonds. The van der Waals surface area contributed by atoms with Crippen LogP contribution in [-0.2, 0) is 28.5 Å². The second-order valence-corrected chi connectivity index (χ2v) is 13.9. The Hall–Kier alpha value is -4.74. The number of Topliss-reactive ketones (excluding diaryl/α,β-unsaturated/α-hetero) is 2. The summed E-state index contributed by atoms with van der Waals surface area (Å²) in [5.74, 6) is -2.07. The lowest BCUT2D eigenvalue weighted by Crippen LogP contribution is -2.44. The Balaban J connectivity index is 1.26. The molecule has 0 unspecified atom stereocenters. The Morgan fingerprint density at radius 3 is 1.23 bits per heavy atom. The van der Waals surface area contributed by atoms with Crippen molar-refractivity contribution >= 4 is 35.7 Å². The first-order valence-electron chi connectivity index (χ1n) is 16.1. The first-order chi connectivity index (χ1) is 22.5. The van der Waals surface area contributed by atoms with Gasteiger partial charge in [0.2, 0.25) is 0 Å². The van der Waals surface area contributed by atoms with Gasteiger partial charge in [0, 0.05) is 24.2 Å². The number of nitrogens with zero attached hydrogens (tertiary/aromatic N) is 2. The molecule has 4 rings (SSSR count). The molecule has 2 aliphatic heterocycles. The number of ketones is 2. The molecule has 0 bridgehead atoms. The van der Waals surface area contributed by atoms with Crippen LogP contribution in [0.15, 0.2) is 48.5 Å². The third-order valence-corrected chi connectivity index (χ3v) is 7.74. The average molecular weight is 665 g/mol. The van der Waals surface area contributed by atoms with Crippen LogP contribution < -0.4 is 0 Å². The summed E-state index contributed by atoms with van der Waals surface area (Å²) >= 11 is 0. The van der Waals surface area contributed by atoms with Gasteiger partial charge in [0.1, 0.15) is 23.3 Å². The molecule has 48 heavy (non-hydrogen) atoms. The van der Waals surface area contributed by atoms with Crippen LogP contribution in [0.3, 0.4) is 0 Å². The number of amides is 2. The molecule has 258 valence electrons. The molecule has 0 aromatic heterocycles. The summed E-state index contributed by atoms with van der Waals surface area (Å²) < 4.78 is 21.3. The van der Waals surface area contributed by atoms with Crippen molar-refractivity contribution in [2.45, 2.75) is 90.5 Å². The summed E-state index contributed by atoms with van der Waals surface area (Å²) in [5, 5.41) is 0. The summed E-state index contributed by atoms with van der Waals surface area (Å²) in [6, 6.07) is 11.9. The number of likely N-dealkylation sites (tertiary alicyclic amines) is 2. The van der Waals surface area contributed by atoms with E-state index in [4.69, 9.17) is 18.9 Å². The summed E-state index contributed by atoms with van der Waals surface area (Å²) in [5.41, 5.74) is 0.882. The fourth-order valence-corrected chi connectivity index (χ4v) is 5.43. The summed E-state index contributed by atoms with van der Waals surface area (Å²) in [6.07, 6.45) is 0.966. The van der Waals surface area contributed by atoms with E-state index < -0.39 is 60.6 Å². The zero-order chi connectivity index (χ0) is 35.2. The lowest BCUT2D eigenvalue weighted by Gasteiger charge is -2.27. The predicted octanol–water partition coefficient (Wildman–Crippen LogP) is 5.60. The highest BCUT2D eigenvalue weighted by Crippen LogP contribution is 2.25. The fourth-order valence-electron chi connectivity index (χ4n) is 5.43. The van der Waals surface area contributed by atoms with Crippen molar-refractivity contribution in [2.24, 2.45) is 0 Å². The molecule has 2 aliphatic rings. The molecule has 2 atom stereocenters. The van der Waals surface area contributed by atoms with Gasteiger partial charge in [0.25, 0.3) is 0 Å². The van der Waals surface area contributed by atoms with Gasteiger partial charge < -0.3 is 18.9 Å². The molecule has 2 aromatic rings. The fraction of sp³-hybridized carbons (Fsp3) is 0.500. The zero-order valence-electron chi connectivity index (χ0n) is 28.4. The highest BCUT2D eigenvalue weighted by molar-refractivity contribution is 5.99. The van der Waals surface area contributed by atoms with Crippen molar-refractivity contribution in [2.75, 3.05) is 26.3 Å². The van der Waals surface area contributed by atoms with E-state index in [2.05, 4.69) is 0 Å². The van der Waals surface area contributed by atoms with Gasteiger partial charge in [-0.05, 0) is 78.4 Å². The van der Waals surface area contributed by atoms with Crippen molar-refractivity contribution in [3.63, 3.8) is 0 Å². The minimum atomic E-state index is -0.793. The topological polar surface area (TPSA) is 146 Å². The van der Waals surface area contributed by atoms with E-state index in [9.17, 15) is 28.8 Å². The van der Waals surface area contributed by atoms with Gasteiger partial charge >= 0.3 is 24.1 Å². The van der Waals surface area contributed by atoms with Gasteiger partial charge in [-0.25, -0.2) is 19.2 Å². The minimum Gasteiger partial charge on any atom is -0.456 e. The van der Waals surface area contributed by atoms with E-state index in [-0.39, 0.29) is 11.6 Å². The summed E-state index contributed by atoms with van der Waals surface area (Å²) in [7, 11) is 0. The quantitative estimate of drug-likeness (QED) is 0.189. The van der Waals surface area contributed by atoms with Crippen LogP contribution >= 0.6 is 0 Å². The number of ether oxygens (including phenoxy) is 4. The highest BCUT2D eigenvalue weighted by atomic mass is 16.6. The van der Waals surface area contributed by atoms with Crippen LogP contribution in [-0.4, -0.2) is 95.1 Å². The van der Waals surface area contributed by atoms with E-state index in [1.807, 2.05) is 0 Å². The van der Waals surface area contributed by atoms with Crippen molar-refractivity contribution in [3.05, 3.63) is 59.7 Å². The second kappa shape index (κ2) is 15.0. The summed E-state index contributed by atoms with van der Waals surface area (Å²) in [6.45, 7) is 10.3. The number of hydrogen-bond donors (Lipinski definition) is 0. The van der Waals surface area contributed by atoms with Gasteiger partial charge in [0.15, 0.2) is 24.8 Å². The number of hydrogen-bond acceptors (Lipinski definition) is 10. The van der Waals surface area contributed by atoms with Crippen LogP contribution in [0.2, 0.25) is 0 Å². The molecule has 2 aromatic carbocycles. The molecule has 2 saturated heterocycles. The van der Waals surface area contributed by atoms with Gasteiger partial charge in [-0.2, -0.15) is 0 Å². The molecule has 0 N–H and O–H groups in total. The monoisotopic (exact) mass is 664 g/mol. The Bertz CT molecular complexity index is 1400. The Labute approximate surface area is 280 Å². The first-order valence-corrected chi connectivity index (χ1v) is 16.1. The van der Waals surface area contributed by atoms with Crippen LogP contribution in [0.5, 0.6) is 0 Å². The predicted molar refractivity (Wildman–Crippen MR) is 174 cm³/mol. The smallest absolute Gasteiger partial charge is 0.411 e. The molecule has 2 fully saturated rings. The molecule has 12 nitrogen and oxygen atoms in total. The molecule has 2 heterocycles. The molecular weight excluding hydrogens is 620 g/mol. The van der Waals surface area contributed by atoms with Crippen molar-refractivity contribution in [3.8, 4) is 11.1 Å². The molecule has 12 heteroatoms. The molecule has 0 spiro atoms. The lowest BCUT2D eigenvalue weighted by molar-refractivity contribution is -0.148.